The summed E-state index contributed by atoms with van der Waals surface area (Å²) in [4.78, 5) is 0. The zero-order valence-electron chi connectivity index (χ0n) is 15.9. The number of ether oxygens (including phenoxy) is 1. The monoisotopic (exact) mass is 479 g/mol. The van der Waals surface area contributed by atoms with Crippen molar-refractivity contribution in [2.45, 2.75) is 46.5 Å². The van der Waals surface area contributed by atoms with Crippen LogP contribution in [0.3, 0.4) is 0 Å². The number of benzene rings is 2. The molecular weight excluding hydrogens is 456 g/mol. The van der Waals surface area contributed by atoms with Gasteiger partial charge in [-0.1, -0.05) is 0 Å². The highest BCUT2D eigenvalue weighted by Gasteiger charge is 2.25. The summed E-state index contributed by atoms with van der Waals surface area (Å²) in [7, 11) is -0.719. The zero-order valence-corrected chi connectivity index (χ0v) is 18.1. The molecule has 0 spiro atoms. The van der Waals surface area contributed by atoms with Crippen LogP contribution in [-0.4, -0.2) is 19.5 Å². The van der Waals surface area contributed by atoms with Crippen LogP contribution in [0.4, 0.5) is 0 Å². The molecule has 2 rings (SSSR count). The van der Waals surface area contributed by atoms with Gasteiger partial charge in [-0.15, -0.1) is 0 Å². The van der Waals surface area contributed by atoms with Crippen molar-refractivity contribution >= 4 is 29.9 Å². The lowest BCUT2D eigenvalue weighted by atomic mass is 10.1. The standard InChI is InChI=1S/C20H23BINO4/c1-14(2)26-21(27-15(3)4)24-13-17-11-19(9-10-20(17)22)25-18-7-5-16(12-23)6-8-18/h5-11,14-15H,13H2,1-4H3. The second-order valence-corrected chi connectivity index (χ2v) is 7.62. The summed E-state index contributed by atoms with van der Waals surface area (Å²) in [6.07, 6.45) is -0.00209. The molecule has 0 aromatic heterocycles. The Morgan fingerprint density at radius 2 is 1.56 bits per heavy atom. The lowest BCUT2D eigenvalue weighted by Crippen LogP contribution is -2.32. The molecule has 0 saturated heterocycles. The van der Waals surface area contributed by atoms with Gasteiger partial charge in [0, 0.05) is 15.8 Å². The van der Waals surface area contributed by atoms with E-state index >= 15 is 0 Å². The number of nitrogens with zero attached hydrogens (tertiary/aromatic N) is 1. The van der Waals surface area contributed by atoms with E-state index in [1.165, 1.54) is 0 Å². The Labute approximate surface area is 174 Å². The van der Waals surface area contributed by atoms with E-state index in [0.717, 1.165) is 9.13 Å². The summed E-state index contributed by atoms with van der Waals surface area (Å²) in [6, 6.07) is 14.9. The molecule has 0 N–H and O–H groups in total. The van der Waals surface area contributed by atoms with Crippen LogP contribution in [0.1, 0.15) is 38.8 Å². The van der Waals surface area contributed by atoms with Crippen LogP contribution in [0.25, 0.3) is 0 Å². The third-order valence-corrected chi connectivity index (χ3v) is 4.43. The smallest absolute Gasteiger partial charge is 0.457 e. The number of nitriles is 1. The minimum atomic E-state index is -0.719. The molecule has 0 heterocycles. The van der Waals surface area contributed by atoms with Crippen molar-refractivity contribution in [3.63, 3.8) is 0 Å². The Hall–Kier alpha value is -1.60. The van der Waals surface area contributed by atoms with Gasteiger partial charge >= 0.3 is 7.32 Å². The first-order valence-electron chi connectivity index (χ1n) is 8.76. The first kappa shape index (κ1) is 21.7. The molecule has 0 radical (unpaired) electrons. The van der Waals surface area contributed by atoms with Crippen LogP contribution in [0.2, 0.25) is 0 Å². The van der Waals surface area contributed by atoms with Crippen LogP contribution in [0.5, 0.6) is 11.5 Å². The quantitative estimate of drug-likeness (QED) is 0.361. The van der Waals surface area contributed by atoms with E-state index in [-0.39, 0.29) is 12.2 Å². The topological polar surface area (TPSA) is 60.7 Å². The molecule has 5 nitrogen and oxygen atoms in total. The van der Waals surface area contributed by atoms with Crippen LogP contribution < -0.4 is 4.74 Å². The number of hydrogen-bond donors (Lipinski definition) is 0. The maximum Gasteiger partial charge on any atom is 0.640 e. The van der Waals surface area contributed by atoms with Gasteiger partial charge in [0.2, 0.25) is 0 Å². The van der Waals surface area contributed by atoms with E-state index in [2.05, 4.69) is 28.7 Å². The van der Waals surface area contributed by atoms with Crippen molar-refractivity contribution in [1.29, 1.82) is 5.26 Å². The second-order valence-electron chi connectivity index (χ2n) is 6.46. The van der Waals surface area contributed by atoms with Gasteiger partial charge in [0.1, 0.15) is 11.5 Å². The SMILES string of the molecule is CC(C)OB(OCc1cc(Oc2ccc(C#N)cc2)ccc1I)OC(C)C. The van der Waals surface area contributed by atoms with Crippen molar-refractivity contribution in [3.8, 4) is 17.6 Å². The van der Waals surface area contributed by atoms with Crippen molar-refractivity contribution < 1.29 is 18.7 Å². The third kappa shape index (κ3) is 7.50. The van der Waals surface area contributed by atoms with Crippen LogP contribution in [-0.2, 0) is 20.6 Å². The van der Waals surface area contributed by atoms with E-state index in [1.54, 1.807) is 24.3 Å². The van der Waals surface area contributed by atoms with Gasteiger partial charge in [-0.2, -0.15) is 5.26 Å². The molecule has 27 heavy (non-hydrogen) atoms. The van der Waals surface area contributed by atoms with Crippen molar-refractivity contribution in [1.82, 2.24) is 0 Å². The van der Waals surface area contributed by atoms with Gasteiger partial charge in [0.15, 0.2) is 0 Å². The fourth-order valence-corrected chi connectivity index (χ4v) is 2.66. The van der Waals surface area contributed by atoms with E-state index < -0.39 is 7.32 Å². The summed E-state index contributed by atoms with van der Waals surface area (Å²) >= 11 is 2.26. The molecule has 0 bridgehead atoms. The van der Waals surface area contributed by atoms with Crippen LogP contribution >= 0.6 is 22.6 Å². The predicted molar refractivity (Wildman–Crippen MR) is 113 cm³/mol. The van der Waals surface area contributed by atoms with Gasteiger partial charge in [-0.05, 0) is 98.3 Å². The largest absolute Gasteiger partial charge is 0.640 e. The summed E-state index contributed by atoms with van der Waals surface area (Å²) in [6.45, 7) is 8.10. The molecule has 0 unspecified atom stereocenters. The number of rotatable bonds is 9. The predicted octanol–water partition coefficient (Wildman–Crippen LogP) is 5.31. The lowest BCUT2D eigenvalue weighted by Gasteiger charge is -2.19. The first-order chi connectivity index (χ1) is 12.9. The normalized spacial score (nSPS) is 10.9. The van der Waals surface area contributed by atoms with Gasteiger partial charge in [0.25, 0.3) is 0 Å². The molecule has 0 aliphatic carbocycles. The highest BCUT2D eigenvalue weighted by atomic mass is 127. The van der Waals surface area contributed by atoms with E-state index in [4.69, 9.17) is 24.0 Å². The average molecular weight is 479 g/mol. The number of hydrogen-bond acceptors (Lipinski definition) is 5. The van der Waals surface area contributed by atoms with Crippen molar-refractivity contribution in [2.24, 2.45) is 0 Å². The van der Waals surface area contributed by atoms with E-state index in [9.17, 15) is 0 Å². The molecule has 0 fully saturated rings. The maximum absolute atomic E-state index is 8.87. The Morgan fingerprint density at radius 3 is 2.11 bits per heavy atom. The fourth-order valence-electron chi connectivity index (χ4n) is 2.17. The molecule has 0 amide bonds. The second kappa shape index (κ2) is 10.7. The fraction of sp³-hybridized carbons (Fsp3) is 0.350. The molecule has 0 aliphatic rings. The van der Waals surface area contributed by atoms with Gasteiger partial charge < -0.3 is 18.7 Å². The summed E-state index contributed by atoms with van der Waals surface area (Å²) in [5.41, 5.74) is 1.58. The Balaban J connectivity index is 2.05. The average Bonchev–Trinajstić information content (AvgIpc) is 2.61. The minimum Gasteiger partial charge on any atom is -0.457 e. The van der Waals surface area contributed by atoms with Crippen molar-refractivity contribution in [3.05, 3.63) is 57.2 Å². The van der Waals surface area contributed by atoms with Gasteiger partial charge in [-0.3, -0.25) is 0 Å². The van der Waals surface area contributed by atoms with Crippen LogP contribution in [0, 0.1) is 14.9 Å². The zero-order chi connectivity index (χ0) is 19.8. The van der Waals surface area contributed by atoms with Gasteiger partial charge in [-0.25, -0.2) is 0 Å². The van der Waals surface area contributed by atoms with E-state index in [0.29, 0.717) is 23.7 Å². The number of halogens is 1. The molecule has 7 heteroatoms. The molecule has 142 valence electrons. The Kier molecular flexibility index (Phi) is 8.57. The molecule has 2 aromatic carbocycles. The lowest BCUT2D eigenvalue weighted by molar-refractivity contribution is 0.0458. The highest BCUT2D eigenvalue weighted by molar-refractivity contribution is 14.1. The third-order valence-electron chi connectivity index (χ3n) is 3.38. The minimum absolute atomic E-state index is 0.00104. The van der Waals surface area contributed by atoms with Gasteiger partial charge in [0.05, 0.1) is 18.2 Å². The summed E-state index contributed by atoms with van der Waals surface area (Å²) < 4.78 is 24.1. The summed E-state index contributed by atoms with van der Waals surface area (Å²) in [5, 5.41) is 8.87. The molecular formula is C20H23BINO4. The highest BCUT2D eigenvalue weighted by Crippen LogP contribution is 2.26. The Morgan fingerprint density at radius 1 is 0.963 bits per heavy atom. The maximum atomic E-state index is 8.87. The van der Waals surface area contributed by atoms with Crippen LogP contribution in [0.15, 0.2) is 42.5 Å². The molecule has 0 aliphatic heterocycles. The molecule has 0 atom stereocenters. The Bertz CT molecular complexity index is 765. The summed E-state index contributed by atoms with van der Waals surface area (Å²) in [5.74, 6) is 1.37. The first-order valence-corrected chi connectivity index (χ1v) is 9.84. The van der Waals surface area contributed by atoms with Crippen molar-refractivity contribution in [2.75, 3.05) is 0 Å². The van der Waals surface area contributed by atoms with E-state index in [1.807, 2.05) is 45.9 Å². The molecule has 0 saturated carbocycles. The molecule has 2 aromatic rings.